The van der Waals surface area contributed by atoms with Crippen molar-refractivity contribution in [3.05, 3.63) is 51.8 Å². The number of carbonyl (C=O) groups is 1. The third-order valence-electron chi connectivity index (χ3n) is 2.97. The monoisotopic (exact) mass is 304 g/mol. The minimum Gasteiger partial charge on any atom is -0.360 e. The van der Waals surface area contributed by atoms with E-state index in [1.165, 1.54) is 24.4 Å². The van der Waals surface area contributed by atoms with E-state index in [9.17, 15) is 14.9 Å². The first-order chi connectivity index (χ1) is 10.5. The summed E-state index contributed by atoms with van der Waals surface area (Å²) in [7, 11) is 0. The maximum absolute atomic E-state index is 12.1. The summed E-state index contributed by atoms with van der Waals surface area (Å²) in [6.07, 6.45) is 3.15. The number of rotatable bonds is 6. The standard InChI is InChI=1S/C14H16N4O4/c1-3-22-9-17-8-12(7-15-17)16-14(19)11-4-5-13(18(20)21)10(2)6-11/h4-8H,3,9H2,1-2H3,(H,16,19). The number of nitrogens with zero attached hydrogens (tertiary/aromatic N) is 3. The van der Waals surface area contributed by atoms with Crippen molar-refractivity contribution in [1.82, 2.24) is 9.78 Å². The lowest BCUT2D eigenvalue weighted by atomic mass is 10.1. The molecule has 0 spiro atoms. The van der Waals surface area contributed by atoms with Crippen molar-refractivity contribution < 1.29 is 14.5 Å². The highest BCUT2D eigenvalue weighted by Crippen LogP contribution is 2.19. The second kappa shape index (κ2) is 6.81. The molecule has 8 nitrogen and oxygen atoms in total. The van der Waals surface area contributed by atoms with Gasteiger partial charge in [0.25, 0.3) is 11.6 Å². The van der Waals surface area contributed by atoms with Crippen molar-refractivity contribution in [3.63, 3.8) is 0 Å². The van der Waals surface area contributed by atoms with Crippen LogP contribution in [0, 0.1) is 17.0 Å². The van der Waals surface area contributed by atoms with Crippen molar-refractivity contribution in [2.24, 2.45) is 0 Å². The number of benzene rings is 1. The Labute approximate surface area is 126 Å². The van der Waals surface area contributed by atoms with E-state index >= 15 is 0 Å². The van der Waals surface area contributed by atoms with E-state index in [0.717, 1.165) is 0 Å². The highest BCUT2D eigenvalue weighted by molar-refractivity contribution is 6.04. The Kier molecular flexibility index (Phi) is 4.84. The molecule has 2 rings (SSSR count). The molecule has 0 bridgehead atoms. The summed E-state index contributed by atoms with van der Waals surface area (Å²) in [6.45, 7) is 4.35. The van der Waals surface area contributed by atoms with Gasteiger partial charge >= 0.3 is 0 Å². The summed E-state index contributed by atoms with van der Waals surface area (Å²) in [4.78, 5) is 22.4. The van der Waals surface area contributed by atoms with Crippen molar-refractivity contribution in [1.29, 1.82) is 0 Å². The number of aromatic nitrogens is 2. The van der Waals surface area contributed by atoms with E-state index < -0.39 is 4.92 Å². The van der Waals surface area contributed by atoms with E-state index in [0.29, 0.717) is 30.2 Å². The molecule has 0 atom stereocenters. The summed E-state index contributed by atoms with van der Waals surface area (Å²) in [5.41, 5.74) is 1.30. The predicted octanol–water partition coefficient (Wildman–Crippen LogP) is 2.35. The fourth-order valence-electron chi connectivity index (χ4n) is 1.89. The van der Waals surface area contributed by atoms with Gasteiger partial charge in [0.2, 0.25) is 0 Å². The Morgan fingerprint density at radius 2 is 2.27 bits per heavy atom. The van der Waals surface area contributed by atoms with Gasteiger partial charge in [0.15, 0.2) is 0 Å². The number of nitro groups is 1. The number of aryl methyl sites for hydroxylation is 1. The van der Waals surface area contributed by atoms with Crippen LogP contribution >= 0.6 is 0 Å². The molecule has 116 valence electrons. The van der Waals surface area contributed by atoms with Crippen molar-refractivity contribution >= 4 is 17.3 Å². The van der Waals surface area contributed by atoms with Gasteiger partial charge in [0.1, 0.15) is 6.73 Å². The summed E-state index contributed by atoms with van der Waals surface area (Å²) >= 11 is 0. The zero-order valence-electron chi connectivity index (χ0n) is 12.3. The van der Waals surface area contributed by atoms with Gasteiger partial charge in [-0.1, -0.05) is 0 Å². The third-order valence-corrected chi connectivity index (χ3v) is 2.97. The maximum atomic E-state index is 12.1. The minimum atomic E-state index is -0.477. The molecule has 0 saturated carbocycles. The average molecular weight is 304 g/mol. The predicted molar refractivity (Wildman–Crippen MR) is 79.6 cm³/mol. The first kappa shape index (κ1) is 15.6. The molecule has 0 radical (unpaired) electrons. The number of ether oxygens (including phenoxy) is 1. The summed E-state index contributed by atoms with van der Waals surface area (Å²) < 4.78 is 6.75. The number of amides is 1. The first-order valence-electron chi connectivity index (χ1n) is 6.68. The van der Waals surface area contributed by atoms with Crippen molar-refractivity contribution in [2.75, 3.05) is 11.9 Å². The number of anilines is 1. The summed E-state index contributed by atoms with van der Waals surface area (Å²) in [5, 5.41) is 17.5. The Bertz CT molecular complexity index is 696. The normalized spacial score (nSPS) is 10.5. The SMILES string of the molecule is CCOCn1cc(NC(=O)c2ccc([N+](=O)[O-])c(C)c2)cn1. The molecule has 0 aliphatic carbocycles. The smallest absolute Gasteiger partial charge is 0.272 e. The Hall–Kier alpha value is -2.74. The second-order valence-corrected chi connectivity index (χ2v) is 4.60. The van der Waals surface area contributed by atoms with Crippen LogP contribution in [0.15, 0.2) is 30.6 Å². The van der Waals surface area contributed by atoms with Crippen LogP contribution in [0.2, 0.25) is 0 Å². The molecule has 1 heterocycles. The van der Waals surface area contributed by atoms with Gasteiger partial charge in [-0.3, -0.25) is 14.9 Å². The quantitative estimate of drug-likeness (QED) is 0.652. The van der Waals surface area contributed by atoms with Gasteiger partial charge in [-0.25, -0.2) is 4.68 Å². The molecule has 1 aromatic heterocycles. The number of hydrogen-bond donors (Lipinski definition) is 1. The fourth-order valence-corrected chi connectivity index (χ4v) is 1.89. The van der Waals surface area contributed by atoms with Gasteiger partial charge in [0.05, 0.1) is 23.0 Å². The lowest BCUT2D eigenvalue weighted by Crippen LogP contribution is -2.12. The van der Waals surface area contributed by atoms with Crippen LogP contribution in [-0.4, -0.2) is 27.2 Å². The van der Waals surface area contributed by atoms with Crippen molar-refractivity contribution in [3.8, 4) is 0 Å². The largest absolute Gasteiger partial charge is 0.360 e. The van der Waals surface area contributed by atoms with Crippen LogP contribution in [-0.2, 0) is 11.5 Å². The van der Waals surface area contributed by atoms with Crippen LogP contribution in [0.4, 0.5) is 11.4 Å². The lowest BCUT2D eigenvalue weighted by Gasteiger charge is -2.04. The molecular formula is C14H16N4O4. The fraction of sp³-hybridized carbons (Fsp3) is 0.286. The van der Waals surface area contributed by atoms with E-state index in [-0.39, 0.29) is 11.6 Å². The first-order valence-corrected chi connectivity index (χ1v) is 6.68. The van der Waals surface area contributed by atoms with E-state index in [1.807, 2.05) is 6.92 Å². The molecule has 0 unspecified atom stereocenters. The Morgan fingerprint density at radius 1 is 1.50 bits per heavy atom. The topological polar surface area (TPSA) is 99.3 Å². The van der Waals surface area contributed by atoms with E-state index in [1.54, 1.807) is 17.8 Å². The van der Waals surface area contributed by atoms with Gasteiger partial charge in [-0.2, -0.15) is 5.10 Å². The zero-order valence-corrected chi connectivity index (χ0v) is 12.3. The van der Waals surface area contributed by atoms with Crippen LogP contribution in [0.1, 0.15) is 22.8 Å². The van der Waals surface area contributed by atoms with E-state index in [4.69, 9.17) is 4.74 Å². The number of carbonyl (C=O) groups excluding carboxylic acids is 1. The highest BCUT2D eigenvalue weighted by atomic mass is 16.6. The van der Waals surface area contributed by atoms with Crippen LogP contribution < -0.4 is 5.32 Å². The van der Waals surface area contributed by atoms with E-state index in [2.05, 4.69) is 10.4 Å². The summed E-state index contributed by atoms with van der Waals surface area (Å²) in [6, 6.07) is 4.23. The minimum absolute atomic E-state index is 0.0129. The lowest BCUT2D eigenvalue weighted by molar-refractivity contribution is -0.385. The molecule has 2 aromatic rings. The van der Waals surface area contributed by atoms with Gasteiger partial charge in [-0.15, -0.1) is 0 Å². The molecule has 0 saturated heterocycles. The number of nitrogens with one attached hydrogen (secondary N) is 1. The molecular weight excluding hydrogens is 288 g/mol. The molecule has 0 aliphatic rings. The van der Waals surface area contributed by atoms with Crippen LogP contribution in [0.5, 0.6) is 0 Å². The number of hydrogen-bond acceptors (Lipinski definition) is 5. The molecule has 0 aliphatic heterocycles. The maximum Gasteiger partial charge on any atom is 0.272 e. The molecule has 1 N–H and O–H groups in total. The third kappa shape index (κ3) is 3.67. The Morgan fingerprint density at radius 3 is 2.91 bits per heavy atom. The molecule has 1 aromatic carbocycles. The average Bonchev–Trinajstić information content (AvgIpc) is 2.92. The second-order valence-electron chi connectivity index (χ2n) is 4.60. The van der Waals surface area contributed by atoms with Gasteiger partial charge in [-0.05, 0) is 26.0 Å². The van der Waals surface area contributed by atoms with Gasteiger partial charge < -0.3 is 10.1 Å². The highest BCUT2D eigenvalue weighted by Gasteiger charge is 2.14. The molecule has 0 fully saturated rings. The molecule has 22 heavy (non-hydrogen) atoms. The van der Waals surface area contributed by atoms with Gasteiger partial charge in [0, 0.05) is 23.8 Å². The Balaban J connectivity index is 2.07. The molecule has 1 amide bonds. The summed E-state index contributed by atoms with van der Waals surface area (Å²) in [5.74, 6) is -0.353. The van der Waals surface area contributed by atoms with Crippen LogP contribution in [0.3, 0.4) is 0 Å². The van der Waals surface area contributed by atoms with Crippen LogP contribution in [0.25, 0.3) is 0 Å². The van der Waals surface area contributed by atoms with Crippen molar-refractivity contribution in [2.45, 2.75) is 20.6 Å². The number of nitro benzene ring substituents is 1. The molecule has 8 heteroatoms. The zero-order chi connectivity index (χ0) is 16.1.